The van der Waals surface area contributed by atoms with Gasteiger partial charge in [0.15, 0.2) is 0 Å². The molecule has 2 aliphatic rings. The normalized spacial score (nSPS) is 26.3. The predicted molar refractivity (Wildman–Crippen MR) is 78.9 cm³/mol. The number of nitrogens with zero attached hydrogens (tertiary/aromatic N) is 3. The molecule has 0 bridgehead atoms. The Labute approximate surface area is 116 Å². The van der Waals surface area contributed by atoms with Gasteiger partial charge in [0.25, 0.3) is 0 Å². The van der Waals surface area contributed by atoms with Crippen molar-refractivity contribution in [2.45, 2.75) is 25.8 Å². The molecule has 2 atom stereocenters. The van der Waals surface area contributed by atoms with Crippen molar-refractivity contribution in [2.75, 3.05) is 24.5 Å². The van der Waals surface area contributed by atoms with E-state index in [1.807, 2.05) is 0 Å². The summed E-state index contributed by atoms with van der Waals surface area (Å²) in [5.41, 5.74) is 0. The van der Waals surface area contributed by atoms with Crippen molar-refractivity contribution in [3.63, 3.8) is 0 Å². The van der Waals surface area contributed by atoms with Gasteiger partial charge in [0.05, 0.1) is 5.39 Å². The Morgan fingerprint density at radius 2 is 2.37 bits per heavy atom. The summed E-state index contributed by atoms with van der Waals surface area (Å²) in [5, 5.41) is 4.75. The van der Waals surface area contributed by atoms with Crippen molar-refractivity contribution in [1.29, 1.82) is 0 Å². The maximum absolute atomic E-state index is 4.59. The average Bonchev–Trinajstić information content (AvgIpc) is 3.12. The molecular weight excluding hydrogens is 256 g/mol. The number of fused-ring (bicyclic) bond motifs is 2. The lowest BCUT2D eigenvalue weighted by molar-refractivity contribution is 0.578. The fourth-order valence-electron chi connectivity index (χ4n) is 3.41. The van der Waals surface area contributed by atoms with Crippen molar-refractivity contribution < 1.29 is 0 Å². The van der Waals surface area contributed by atoms with Gasteiger partial charge in [-0.2, -0.15) is 0 Å². The molecule has 4 nitrogen and oxygen atoms in total. The zero-order valence-electron chi connectivity index (χ0n) is 11.1. The van der Waals surface area contributed by atoms with Gasteiger partial charge in [-0.05, 0) is 24.8 Å². The minimum absolute atomic E-state index is 0.628. The lowest BCUT2D eigenvalue weighted by Gasteiger charge is -2.24. The van der Waals surface area contributed by atoms with Crippen LogP contribution in [0.5, 0.6) is 0 Å². The second-order valence-electron chi connectivity index (χ2n) is 5.45. The van der Waals surface area contributed by atoms with E-state index >= 15 is 0 Å². The van der Waals surface area contributed by atoms with E-state index in [-0.39, 0.29) is 0 Å². The number of thiophene rings is 1. The second kappa shape index (κ2) is 4.42. The summed E-state index contributed by atoms with van der Waals surface area (Å²) < 4.78 is 0. The highest BCUT2D eigenvalue weighted by Gasteiger charge is 2.38. The summed E-state index contributed by atoms with van der Waals surface area (Å²) in [6.45, 7) is 5.60. The molecule has 0 amide bonds. The quantitative estimate of drug-likeness (QED) is 0.910. The van der Waals surface area contributed by atoms with Gasteiger partial charge in [0, 0.05) is 30.6 Å². The Hall–Kier alpha value is -1.20. The average molecular weight is 274 g/mol. The van der Waals surface area contributed by atoms with Crippen LogP contribution in [-0.2, 0) is 6.42 Å². The largest absolute Gasteiger partial charge is 0.351 e. The third-order valence-electron chi connectivity index (χ3n) is 4.43. The number of rotatable bonds is 2. The molecule has 0 saturated carbocycles. The van der Waals surface area contributed by atoms with Crippen LogP contribution in [0, 0.1) is 5.92 Å². The number of nitrogens with one attached hydrogen (secondary N) is 1. The highest BCUT2D eigenvalue weighted by molar-refractivity contribution is 7.18. The van der Waals surface area contributed by atoms with Gasteiger partial charge in [-0.25, -0.2) is 9.97 Å². The van der Waals surface area contributed by atoms with E-state index in [0.717, 1.165) is 36.1 Å². The Bertz CT molecular complexity index is 609. The maximum atomic E-state index is 4.59. The molecular formula is C14H18N4S. The smallest absolute Gasteiger partial charge is 0.141 e. The van der Waals surface area contributed by atoms with Crippen LogP contribution < -0.4 is 10.2 Å². The van der Waals surface area contributed by atoms with E-state index in [2.05, 4.69) is 33.2 Å². The molecule has 0 unspecified atom stereocenters. The number of aromatic nitrogens is 2. The molecule has 2 fully saturated rings. The number of aryl methyl sites for hydroxylation is 1. The molecule has 2 aromatic rings. The third-order valence-corrected chi connectivity index (χ3v) is 5.61. The highest BCUT2D eigenvalue weighted by Crippen LogP contribution is 2.36. The number of hydrogen-bond acceptors (Lipinski definition) is 5. The van der Waals surface area contributed by atoms with Crippen LogP contribution in [-0.4, -0.2) is 35.6 Å². The first-order valence-corrected chi connectivity index (χ1v) is 7.89. The first-order valence-electron chi connectivity index (χ1n) is 7.07. The van der Waals surface area contributed by atoms with E-state index in [0.29, 0.717) is 6.04 Å². The van der Waals surface area contributed by atoms with E-state index in [1.54, 1.807) is 17.7 Å². The first-order chi connectivity index (χ1) is 9.36. The van der Waals surface area contributed by atoms with Crippen LogP contribution in [0.1, 0.15) is 18.2 Å². The Morgan fingerprint density at radius 3 is 3.26 bits per heavy atom. The summed E-state index contributed by atoms with van der Waals surface area (Å²) in [7, 11) is 0. The van der Waals surface area contributed by atoms with E-state index in [1.165, 1.54) is 23.2 Å². The molecule has 4 rings (SSSR count). The maximum Gasteiger partial charge on any atom is 0.141 e. The van der Waals surface area contributed by atoms with Crippen molar-refractivity contribution >= 4 is 27.4 Å². The summed E-state index contributed by atoms with van der Waals surface area (Å²) >= 11 is 1.80. The van der Waals surface area contributed by atoms with Crippen LogP contribution >= 0.6 is 11.3 Å². The topological polar surface area (TPSA) is 41.0 Å². The van der Waals surface area contributed by atoms with E-state index in [9.17, 15) is 0 Å². The molecule has 4 heterocycles. The predicted octanol–water partition coefficient (Wildman–Crippen LogP) is 2.05. The summed E-state index contributed by atoms with van der Waals surface area (Å²) in [4.78, 5) is 14.1. The molecule has 2 aliphatic heterocycles. The van der Waals surface area contributed by atoms with Gasteiger partial charge in [0.2, 0.25) is 0 Å². The Morgan fingerprint density at radius 1 is 1.42 bits per heavy atom. The van der Waals surface area contributed by atoms with E-state index in [4.69, 9.17) is 0 Å². The van der Waals surface area contributed by atoms with Crippen LogP contribution in [0.3, 0.4) is 0 Å². The van der Waals surface area contributed by atoms with Crippen molar-refractivity contribution in [3.8, 4) is 0 Å². The van der Waals surface area contributed by atoms with Gasteiger partial charge in [0.1, 0.15) is 17.0 Å². The van der Waals surface area contributed by atoms with Crippen LogP contribution in [0.25, 0.3) is 10.2 Å². The highest BCUT2D eigenvalue weighted by atomic mass is 32.1. The summed E-state index contributed by atoms with van der Waals surface area (Å²) in [5.74, 6) is 1.95. The molecule has 19 heavy (non-hydrogen) atoms. The second-order valence-corrected chi connectivity index (χ2v) is 6.57. The van der Waals surface area contributed by atoms with Crippen molar-refractivity contribution in [1.82, 2.24) is 15.3 Å². The minimum Gasteiger partial charge on any atom is -0.351 e. The number of anilines is 1. The lowest BCUT2D eigenvalue weighted by atomic mass is 10.1. The van der Waals surface area contributed by atoms with Crippen LogP contribution in [0.4, 0.5) is 5.82 Å². The fraction of sp³-hybridized carbons (Fsp3) is 0.571. The third kappa shape index (κ3) is 1.75. The first kappa shape index (κ1) is 11.6. The standard InChI is InChI=1S/C14H18N4S/c1-2-10-5-11-13(16-8-17-14(11)19-10)18-4-3-9-6-15-7-12(9)18/h5,8-9,12,15H,2-4,6-7H2,1H3/t9-,12+/m0/s1. The lowest BCUT2D eigenvalue weighted by Crippen LogP contribution is -2.34. The summed E-state index contributed by atoms with van der Waals surface area (Å²) in [6, 6.07) is 2.91. The number of hydrogen-bond donors (Lipinski definition) is 1. The molecule has 0 radical (unpaired) electrons. The van der Waals surface area contributed by atoms with Crippen LogP contribution in [0.15, 0.2) is 12.4 Å². The zero-order chi connectivity index (χ0) is 12.8. The molecule has 1 N–H and O–H groups in total. The van der Waals surface area contributed by atoms with Crippen molar-refractivity contribution in [2.24, 2.45) is 5.92 Å². The minimum atomic E-state index is 0.628. The SMILES string of the molecule is CCc1cc2c(N3CC[C@H]4CNC[C@H]43)ncnc2s1. The Kier molecular flexibility index (Phi) is 2.70. The molecule has 2 saturated heterocycles. The monoisotopic (exact) mass is 274 g/mol. The Balaban J connectivity index is 1.80. The van der Waals surface area contributed by atoms with Gasteiger partial charge in [-0.3, -0.25) is 0 Å². The molecule has 5 heteroatoms. The molecule has 0 aliphatic carbocycles. The zero-order valence-corrected chi connectivity index (χ0v) is 11.9. The fourth-order valence-corrected chi connectivity index (χ4v) is 4.34. The van der Waals surface area contributed by atoms with E-state index < -0.39 is 0 Å². The van der Waals surface area contributed by atoms with Crippen molar-refractivity contribution in [3.05, 3.63) is 17.3 Å². The molecule has 100 valence electrons. The summed E-state index contributed by atoms with van der Waals surface area (Å²) in [6.07, 6.45) is 4.09. The molecule has 0 aromatic carbocycles. The van der Waals surface area contributed by atoms with Gasteiger partial charge in [-0.15, -0.1) is 11.3 Å². The van der Waals surface area contributed by atoms with Gasteiger partial charge < -0.3 is 10.2 Å². The van der Waals surface area contributed by atoms with Gasteiger partial charge in [-0.1, -0.05) is 6.92 Å². The van der Waals surface area contributed by atoms with Crippen LogP contribution in [0.2, 0.25) is 0 Å². The molecule has 2 aromatic heterocycles. The molecule has 0 spiro atoms. The van der Waals surface area contributed by atoms with Gasteiger partial charge >= 0.3 is 0 Å².